The van der Waals surface area contributed by atoms with E-state index in [0.29, 0.717) is 11.3 Å². The summed E-state index contributed by atoms with van der Waals surface area (Å²) in [6, 6.07) is 6.69. The van der Waals surface area contributed by atoms with Gasteiger partial charge in [-0.05, 0) is 32.0 Å². The minimum absolute atomic E-state index is 0.214. The van der Waals surface area contributed by atoms with E-state index in [1.54, 1.807) is 24.3 Å². The van der Waals surface area contributed by atoms with Crippen LogP contribution in [0, 0.1) is 13.8 Å². The Kier molecular flexibility index (Phi) is 5.28. The highest BCUT2D eigenvalue weighted by Gasteiger charge is 2.20. The number of hydrogen-bond acceptors (Lipinski definition) is 5. The van der Waals surface area contributed by atoms with E-state index in [1.807, 2.05) is 25.5 Å². The highest BCUT2D eigenvalue weighted by Crippen LogP contribution is 2.31. The Morgan fingerprint density at radius 3 is 2.33 bits per heavy atom. The van der Waals surface area contributed by atoms with Crippen LogP contribution in [0.1, 0.15) is 32.1 Å². The molecule has 0 aliphatic carbocycles. The van der Waals surface area contributed by atoms with Gasteiger partial charge in [0.2, 0.25) is 5.78 Å². The lowest BCUT2D eigenvalue weighted by molar-refractivity contribution is 0.0471. The maximum Gasteiger partial charge on any atom is 0.342 e. The molecule has 24 heavy (non-hydrogen) atoms. The predicted octanol–water partition coefficient (Wildman–Crippen LogP) is 2.70. The van der Waals surface area contributed by atoms with Crippen LogP contribution in [0.15, 0.2) is 24.3 Å². The van der Waals surface area contributed by atoms with Gasteiger partial charge in [0, 0.05) is 24.0 Å². The summed E-state index contributed by atoms with van der Waals surface area (Å²) in [5.41, 5.74) is 2.58. The Labute approximate surface area is 140 Å². The number of hydrogen-bond donors (Lipinski definition) is 0. The van der Waals surface area contributed by atoms with E-state index in [2.05, 4.69) is 0 Å². The van der Waals surface area contributed by atoms with Crippen LogP contribution in [0.3, 0.4) is 0 Å². The van der Waals surface area contributed by atoms with Crippen molar-refractivity contribution in [2.45, 2.75) is 13.8 Å². The Balaban J connectivity index is 2.13. The van der Waals surface area contributed by atoms with Crippen molar-refractivity contribution in [1.29, 1.82) is 0 Å². The molecule has 1 aromatic carbocycles. The van der Waals surface area contributed by atoms with Crippen molar-refractivity contribution in [2.75, 3.05) is 20.8 Å². The summed E-state index contributed by atoms with van der Waals surface area (Å²) >= 11 is 0. The van der Waals surface area contributed by atoms with Gasteiger partial charge in [-0.1, -0.05) is 6.07 Å². The number of carbonyl (C=O) groups excluding carboxylic acids is 2. The largest absolute Gasteiger partial charge is 0.493 e. The molecule has 2 rings (SSSR count). The Morgan fingerprint density at radius 1 is 1.08 bits per heavy atom. The fraction of sp³-hybridized carbons (Fsp3) is 0.333. The summed E-state index contributed by atoms with van der Waals surface area (Å²) in [6.45, 7) is 3.44. The van der Waals surface area contributed by atoms with Crippen molar-refractivity contribution in [3.8, 4) is 11.5 Å². The zero-order valence-corrected chi connectivity index (χ0v) is 14.5. The van der Waals surface area contributed by atoms with Crippen molar-refractivity contribution in [3.05, 3.63) is 46.8 Å². The number of carbonyl (C=O) groups is 2. The van der Waals surface area contributed by atoms with E-state index in [-0.39, 0.29) is 23.7 Å². The number of nitrogens with zero attached hydrogens (tertiary/aromatic N) is 1. The van der Waals surface area contributed by atoms with Gasteiger partial charge in [0.15, 0.2) is 18.1 Å². The Bertz CT molecular complexity index is 776. The van der Waals surface area contributed by atoms with Gasteiger partial charge < -0.3 is 18.8 Å². The molecular weight excluding hydrogens is 310 g/mol. The molecule has 0 amide bonds. The molecule has 6 heteroatoms. The zero-order chi connectivity index (χ0) is 17.9. The average Bonchev–Trinajstić information content (AvgIpc) is 2.85. The summed E-state index contributed by atoms with van der Waals surface area (Å²) in [6.07, 6.45) is 0. The van der Waals surface area contributed by atoms with Gasteiger partial charge in [0.05, 0.1) is 14.2 Å². The molecule has 0 radical (unpaired) electrons. The van der Waals surface area contributed by atoms with Crippen molar-refractivity contribution in [3.63, 3.8) is 0 Å². The van der Waals surface area contributed by atoms with Crippen LogP contribution in [0.2, 0.25) is 0 Å². The van der Waals surface area contributed by atoms with E-state index >= 15 is 0 Å². The number of esters is 1. The van der Waals surface area contributed by atoms with Crippen molar-refractivity contribution in [2.24, 2.45) is 7.05 Å². The topological polar surface area (TPSA) is 66.8 Å². The second kappa shape index (κ2) is 7.21. The molecule has 0 saturated carbocycles. The van der Waals surface area contributed by atoms with Gasteiger partial charge in [-0.25, -0.2) is 4.79 Å². The molecule has 2 aromatic rings. The van der Waals surface area contributed by atoms with Crippen LogP contribution in [0.25, 0.3) is 0 Å². The first kappa shape index (κ1) is 17.6. The summed E-state index contributed by atoms with van der Waals surface area (Å²) in [4.78, 5) is 24.6. The molecule has 1 heterocycles. The smallest absolute Gasteiger partial charge is 0.342 e. The third-order valence-electron chi connectivity index (χ3n) is 4.03. The minimum Gasteiger partial charge on any atom is -0.493 e. The predicted molar refractivity (Wildman–Crippen MR) is 89.0 cm³/mol. The van der Waals surface area contributed by atoms with Gasteiger partial charge in [-0.3, -0.25) is 4.79 Å². The molecule has 6 nitrogen and oxygen atoms in total. The van der Waals surface area contributed by atoms with E-state index in [1.165, 1.54) is 14.2 Å². The maximum atomic E-state index is 12.3. The minimum atomic E-state index is -0.635. The van der Waals surface area contributed by atoms with Crippen LogP contribution >= 0.6 is 0 Å². The fourth-order valence-corrected chi connectivity index (χ4v) is 2.47. The van der Waals surface area contributed by atoms with Crippen LogP contribution < -0.4 is 9.47 Å². The highest BCUT2D eigenvalue weighted by atomic mass is 16.5. The lowest BCUT2D eigenvalue weighted by atomic mass is 10.1. The summed E-state index contributed by atoms with van der Waals surface area (Å²) in [5, 5.41) is 0. The molecule has 0 unspecified atom stereocenters. The molecule has 0 spiro atoms. The number of ether oxygens (including phenoxy) is 3. The number of Topliss-reactive ketones (excluding diaryl/α,β-unsaturated/α-hetero) is 1. The summed E-state index contributed by atoms with van der Waals surface area (Å²) < 4.78 is 17.4. The first-order valence-corrected chi connectivity index (χ1v) is 7.45. The van der Waals surface area contributed by atoms with Crippen LogP contribution in [-0.4, -0.2) is 37.1 Å². The van der Waals surface area contributed by atoms with Crippen molar-refractivity contribution >= 4 is 11.8 Å². The third-order valence-corrected chi connectivity index (χ3v) is 4.03. The third kappa shape index (κ3) is 3.27. The number of aromatic nitrogens is 1. The molecular formula is C18H21NO5. The average molecular weight is 331 g/mol. The Morgan fingerprint density at radius 2 is 1.79 bits per heavy atom. The molecule has 0 fully saturated rings. The van der Waals surface area contributed by atoms with Crippen molar-refractivity contribution < 1.29 is 23.8 Å². The molecule has 1 aromatic heterocycles. The zero-order valence-electron chi connectivity index (χ0n) is 14.5. The van der Waals surface area contributed by atoms with Gasteiger partial charge in [0.1, 0.15) is 5.56 Å². The molecule has 0 atom stereocenters. The normalized spacial score (nSPS) is 10.4. The number of benzene rings is 1. The summed E-state index contributed by atoms with van der Waals surface area (Å²) in [5.74, 6) is -0.173. The van der Waals surface area contributed by atoms with E-state index in [9.17, 15) is 9.59 Å². The van der Waals surface area contributed by atoms with Crippen molar-refractivity contribution in [1.82, 2.24) is 4.57 Å². The summed E-state index contributed by atoms with van der Waals surface area (Å²) in [7, 11) is 4.81. The van der Waals surface area contributed by atoms with Gasteiger partial charge in [-0.2, -0.15) is 0 Å². The lowest BCUT2D eigenvalue weighted by Gasteiger charge is -2.11. The number of para-hydroxylation sites is 1. The molecule has 0 saturated heterocycles. The molecule has 0 bridgehead atoms. The first-order chi connectivity index (χ1) is 11.4. The number of rotatable bonds is 6. The van der Waals surface area contributed by atoms with Crippen LogP contribution in [0.5, 0.6) is 11.5 Å². The SMILES string of the molecule is COc1cccc(C(=O)OCC(=O)c2cc(C)n(C)c2C)c1OC. The van der Waals surface area contributed by atoms with Crippen LogP contribution in [-0.2, 0) is 11.8 Å². The first-order valence-electron chi connectivity index (χ1n) is 7.45. The van der Waals surface area contributed by atoms with Gasteiger partial charge in [0.25, 0.3) is 0 Å². The van der Waals surface area contributed by atoms with Gasteiger partial charge in [-0.15, -0.1) is 0 Å². The highest BCUT2D eigenvalue weighted by molar-refractivity contribution is 6.01. The second-order valence-corrected chi connectivity index (χ2v) is 5.38. The quantitative estimate of drug-likeness (QED) is 0.601. The molecule has 0 aliphatic heterocycles. The number of methoxy groups -OCH3 is 2. The van der Waals surface area contributed by atoms with Gasteiger partial charge >= 0.3 is 5.97 Å². The maximum absolute atomic E-state index is 12.3. The second-order valence-electron chi connectivity index (χ2n) is 5.38. The molecule has 128 valence electrons. The standard InChI is InChI=1S/C18H21NO5/c1-11-9-14(12(2)19(11)3)15(20)10-24-18(21)13-7-6-8-16(22-4)17(13)23-5/h6-9H,10H2,1-5H3. The van der Waals surface area contributed by atoms with E-state index in [0.717, 1.165) is 11.4 Å². The number of ketones is 1. The lowest BCUT2D eigenvalue weighted by Crippen LogP contribution is -2.15. The monoisotopic (exact) mass is 331 g/mol. The Hall–Kier alpha value is -2.76. The molecule has 0 aliphatic rings. The van der Waals surface area contributed by atoms with E-state index in [4.69, 9.17) is 14.2 Å². The van der Waals surface area contributed by atoms with E-state index < -0.39 is 5.97 Å². The number of aryl methyl sites for hydroxylation is 1. The fourth-order valence-electron chi connectivity index (χ4n) is 2.47. The molecule has 0 N–H and O–H groups in total. The van der Waals surface area contributed by atoms with Crippen LogP contribution in [0.4, 0.5) is 0 Å².